The molecule has 0 bridgehead atoms. The van der Waals surface area contributed by atoms with Crippen molar-refractivity contribution in [2.45, 2.75) is 44.1 Å². The number of fused-ring (bicyclic) bond motifs is 2. The van der Waals surface area contributed by atoms with Crippen molar-refractivity contribution in [1.82, 2.24) is 19.1 Å². The molecule has 0 radical (unpaired) electrons. The molecule has 0 spiro atoms. The Hall–Kier alpha value is -1.86. The van der Waals surface area contributed by atoms with Gasteiger partial charge in [0.05, 0.1) is 19.0 Å². The summed E-state index contributed by atoms with van der Waals surface area (Å²) in [5.41, 5.74) is -0.0420. The van der Waals surface area contributed by atoms with E-state index in [0.29, 0.717) is 13.0 Å². The third-order valence-corrected chi connectivity index (χ3v) is 5.01. The Kier molecular flexibility index (Phi) is 4.55. The Morgan fingerprint density at radius 2 is 2.19 bits per heavy atom. The van der Waals surface area contributed by atoms with E-state index in [2.05, 4.69) is 19.8 Å². The zero-order valence-corrected chi connectivity index (χ0v) is 14.8. The number of nitrogens with one attached hydrogen (secondary N) is 1. The average Bonchev–Trinajstić information content (AvgIpc) is 3.15. The molecule has 13 nitrogen and oxygen atoms in total. The smallest absolute Gasteiger partial charge is 0.390 e. The minimum Gasteiger partial charge on any atom is -0.390 e. The van der Waals surface area contributed by atoms with Crippen LogP contribution in [0, 0.1) is 0 Å². The number of phosphoric acid groups is 1. The molecule has 2 aromatic heterocycles. The van der Waals surface area contributed by atoms with E-state index in [1.807, 2.05) is 0 Å². The Balaban J connectivity index is 1.63. The lowest BCUT2D eigenvalue weighted by molar-refractivity contribution is -0.0424. The van der Waals surface area contributed by atoms with E-state index in [1.54, 1.807) is 0 Å². The van der Waals surface area contributed by atoms with Gasteiger partial charge in [0.2, 0.25) is 5.95 Å². The van der Waals surface area contributed by atoms with Gasteiger partial charge in [-0.3, -0.25) is 18.5 Å². The molecule has 4 heterocycles. The van der Waals surface area contributed by atoms with Crippen LogP contribution in [0.5, 0.6) is 0 Å². The number of ether oxygens (including phenoxy) is 1. The summed E-state index contributed by atoms with van der Waals surface area (Å²) in [5, 5.41) is 22.5. The number of hydrogen-bond acceptors (Lipinski definition) is 9. The second kappa shape index (κ2) is 6.63. The van der Waals surface area contributed by atoms with Crippen molar-refractivity contribution in [2.24, 2.45) is 0 Å². The van der Waals surface area contributed by atoms with Crippen LogP contribution in [-0.4, -0.2) is 64.1 Å². The van der Waals surface area contributed by atoms with Gasteiger partial charge in [0.15, 0.2) is 11.2 Å². The number of aliphatic hydroxyl groups excluding tert-OH is 2. The first-order chi connectivity index (χ1) is 12.7. The van der Waals surface area contributed by atoms with Crippen LogP contribution in [0.3, 0.4) is 0 Å². The molecule has 0 saturated carbocycles. The molecule has 148 valence electrons. The second-order valence-corrected chi connectivity index (χ2v) is 7.62. The molecule has 1 saturated heterocycles. The number of imidazole rings is 1. The molecule has 5 N–H and O–H groups in total. The summed E-state index contributed by atoms with van der Waals surface area (Å²) in [5.74, 6) is 0.202. The Labute approximate surface area is 151 Å². The van der Waals surface area contributed by atoms with Crippen molar-refractivity contribution in [3.63, 3.8) is 0 Å². The molecule has 2 aromatic rings. The summed E-state index contributed by atoms with van der Waals surface area (Å²) in [7, 11) is -4.69. The molecule has 27 heavy (non-hydrogen) atoms. The number of phosphoric ester groups is 1. The zero-order chi connectivity index (χ0) is 19.3. The fraction of sp³-hybridized carbons (Fsp3) is 0.615. The third kappa shape index (κ3) is 3.50. The van der Waals surface area contributed by atoms with Gasteiger partial charge < -0.3 is 30.1 Å². The maximum absolute atomic E-state index is 12.6. The van der Waals surface area contributed by atoms with Crippen molar-refractivity contribution in [1.29, 1.82) is 0 Å². The number of rotatable bonds is 4. The molecule has 2 aliphatic heterocycles. The molecule has 0 aromatic carbocycles. The fourth-order valence-corrected chi connectivity index (χ4v) is 3.55. The van der Waals surface area contributed by atoms with Crippen molar-refractivity contribution >= 4 is 24.9 Å². The summed E-state index contributed by atoms with van der Waals surface area (Å²) in [6, 6.07) is 0. The van der Waals surface area contributed by atoms with Crippen molar-refractivity contribution < 1.29 is 33.8 Å². The molecular weight excluding hydrogens is 385 g/mol. The van der Waals surface area contributed by atoms with Gasteiger partial charge in [0, 0.05) is 19.4 Å². The monoisotopic (exact) mass is 403 g/mol. The highest BCUT2D eigenvalue weighted by Gasteiger charge is 2.37. The van der Waals surface area contributed by atoms with E-state index < -0.39 is 39.1 Å². The Morgan fingerprint density at radius 1 is 1.41 bits per heavy atom. The SMILES string of the molecule is O=c1c2ncn([C@H]3C[C@H](O)[C@@H](COP(=O)(O)O)O3)c2nc2n1CC[C@H](O)N2. The van der Waals surface area contributed by atoms with Gasteiger partial charge in [0.25, 0.3) is 5.56 Å². The van der Waals surface area contributed by atoms with E-state index in [4.69, 9.17) is 14.5 Å². The van der Waals surface area contributed by atoms with Crippen molar-refractivity contribution in [3.8, 4) is 0 Å². The lowest BCUT2D eigenvalue weighted by atomic mass is 10.2. The highest BCUT2D eigenvalue weighted by molar-refractivity contribution is 7.46. The molecule has 4 atom stereocenters. The molecule has 14 heteroatoms. The normalized spacial score (nSPS) is 28.3. The number of aromatic nitrogens is 4. The molecule has 0 amide bonds. The predicted molar refractivity (Wildman–Crippen MR) is 88.6 cm³/mol. The van der Waals surface area contributed by atoms with E-state index in [9.17, 15) is 19.6 Å². The molecule has 2 aliphatic rings. The van der Waals surface area contributed by atoms with Gasteiger partial charge in [-0.15, -0.1) is 0 Å². The number of aliphatic hydroxyl groups is 2. The lowest BCUT2D eigenvalue weighted by Crippen LogP contribution is -2.36. The van der Waals surface area contributed by atoms with Crippen molar-refractivity contribution in [3.05, 3.63) is 16.7 Å². The van der Waals surface area contributed by atoms with Gasteiger partial charge in [-0.2, -0.15) is 4.98 Å². The van der Waals surface area contributed by atoms with Crippen LogP contribution in [0.25, 0.3) is 11.2 Å². The Morgan fingerprint density at radius 3 is 2.93 bits per heavy atom. The average molecular weight is 403 g/mol. The highest BCUT2D eigenvalue weighted by Crippen LogP contribution is 2.38. The summed E-state index contributed by atoms with van der Waals surface area (Å²) >= 11 is 0. The first-order valence-corrected chi connectivity index (χ1v) is 9.71. The van der Waals surface area contributed by atoms with Crippen molar-refractivity contribution in [2.75, 3.05) is 11.9 Å². The Bertz CT molecular complexity index is 970. The highest BCUT2D eigenvalue weighted by atomic mass is 31.2. The summed E-state index contributed by atoms with van der Waals surface area (Å²) < 4.78 is 23.7. The zero-order valence-electron chi connectivity index (χ0n) is 13.9. The topological polar surface area (TPSA) is 181 Å². The van der Waals surface area contributed by atoms with E-state index in [-0.39, 0.29) is 29.1 Å². The summed E-state index contributed by atoms with van der Waals surface area (Å²) in [4.78, 5) is 38.6. The quantitative estimate of drug-likeness (QED) is 0.374. The first-order valence-electron chi connectivity index (χ1n) is 8.18. The maximum atomic E-state index is 12.6. The molecular formula is C13H18N5O8P. The predicted octanol–water partition coefficient (Wildman–Crippen LogP) is -1.52. The number of hydrogen-bond donors (Lipinski definition) is 5. The van der Waals surface area contributed by atoms with Gasteiger partial charge in [-0.1, -0.05) is 0 Å². The molecule has 0 unspecified atom stereocenters. The van der Waals surface area contributed by atoms with Crippen LogP contribution in [0.15, 0.2) is 11.1 Å². The summed E-state index contributed by atoms with van der Waals surface area (Å²) in [6.07, 6.45) is -1.75. The van der Waals surface area contributed by atoms with Gasteiger partial charge >= 0.3 is 7.82 Å². The molecule has 1 fully saturated rings. The number of nitrogens with zero attached hydrogens (tertiary/aromatic N) is 4. The van der Waals surface area contributed by atoms with E-state index in [0.717, 1.165) is 0 Å². The fourth-order valence-electron chi connectivity index (χ4n) is 3.21. The third-order valence-electron chi connectivity index (χ3n) is 4.53. The molecule has 0 aliphatic carbocycles. The standard InChI is InChI=1S/C13H18N5O8P/c19-6-3-9(26-7(6)4-25-27(22,23)24)18-5-14-10-11(18)16-13-15-8(20)1-2-17(13)12(10)21/h5-9,19-20H,1-4H2,(H,15,16)(H2,22,23,24)/t6-,7+,8-,9+/m0/s1. The number of anilines is 1. The van der Waals surface area contributed by atoms with Crippen LogP contribution in [0.1, 0.15) is 19.1 Å². The second-order valence-electron chi connectivity index (χ2n) is 6.38. The van der Waals surface area contributed by atoms with Crippen LogP contribution in [-0.2, 0) is 20.4 Å². The first kappa shape index (κ1) is 18.5. The van der Waals surface area contributed by atoms with Crippen LogP contribution < -0.4 is 10.9 Å². The van der Waals surface area contributed by atoms with Crippen LogP contribution >= 0.6 is 7.82 Å². The largest absolute Gasteiger partial charge is 0.469 e. The van der Waals surface area contributed by atoms with Gasteiger partial charge in [-0.25, -0.2) is 9.55 Å². The minimum atomic E-state index is -4.69. The summed E-state index contributed by atoms with van der Waals surface area (Å²) in [6.45, 7) is -0.188. The lowest BCUT2D eigenvalue weighted by Gasteiger charge is -2.23. The van der Waals surface area contributed by atoms with Gasteiger partial charge in [0.1, 0.15) is 18.6 Å². The van der Waals surface area contributed by atoms with Crippen LogP contribution in [0.4, 0.5) is 5.95 Å². The van der Waals surface area contributed by atoms with Crippen LogP contribution in [0.2, 0.25) is 0 Å². The van der Waals surface area contributed by atoms with E-state index >= 15 is 0 Å². The van der Waals surface area contributed by atoms with Gasteiger partial charge in [-0.05, 0) is 0 Å². The maximum Gasteiger partial charge on any atom is 0.469 e. The van der Waals surface area contributed by atoms with E-state index in [1.165, 1.54) is 15.5 Å². The molecule has 4 rings (SSSR count). The minimum absolute atomic E-state index is 0.0940.